The number of nitrogens with zero attached hydrogens (tertiary/aromatic N) is 2. The zero-order valence-electron chi connectivity index (χ0n) is 13.4. The molecule has 1 saturated heterocycles. The average molecular weight is 327 g/mol. The minimum absolute atomic E-state index is 0.0240. The van der Waals surface area contributed by atoms with Crippen LogP contribution < -0.4 is 5.32 Å². The number of anilines is 1. The molecule has 1 aliphatic heterocycles. The molecule has 2 aromatic rings. The molecule has 1 N–H and O–H groups in total. The molecule has 1 aromatic heterocycles. The van der Waals surface area contributed by atoms with Crippen molar-refractivity contribution in [3.8, 4) is 0 Å². The molecule has 24 heavy (non-hydrogen) atoms. The first kappa shape index (κ1) is 15.9. The fraction of sp³-hybridized carbons (Fsp3) is 0.294. The van der Waals surface area contributed by atoms with Crippen LogP contribution in [0.1, 0.15) is 33.5 Å². The molecule has 2 heterocycles. The van der Waals surface area contributed by atoms with Gasteiger partial charge in [-0.1, -0.05) is 5.16 Å². The average Bonchev–Trinajstić information content (AvgIpc) is 2.92. The number of nitrogens with one attached hydrogen (secondary N) is 1. The van der Waals surface area contributed by atoms with Gasteiger partial charge in [0.1, 0.15) is 5.76 Å². The smallest absolute Gasteiger partial charge is 0.276 e. The van der Waals surface area contributed by atoms with Gasteiger partial charge in [0.05, 0.1) is 5.92 Å². The van der Waals surface area contributed by atoms with Crippen LogP contribution in [-0.2, 0) is 4.79 Å². The van der Waals surface area contributed by atoms with Crippen LogP contribution in [0.25, 0.3) is 0 Å². The Balaban J connectivity index is 1.53. The second-order valence-corrected chi connectivity index (χ2v) is 5.85. The van der Waals surface area contributed by atoms with Gasteiger partial charge in [-0.25, -0.2) is 0 Å². The van der Waals surface area contributed by atoms with Crippen LogP contribution in [0.15, 0.2) is 34.9 Å². The van der Waals surface area contributed by atoms with Crippen molar-refractivity contribution in [2.75, 3.05) is 18.4 Å². The van der Waals surface area contributed by atoms with E-state index in [2.05, 4.69) is 10.5 Å². The number of aromatic nitrogens is 1. The zero-order valence-corrected chi connectivity index (χ0v) is 13.4. The lowest BCUT2D eigenvalue weighted by molar-refractivity contribution is -0.123. The Morgan fingerprint density at radius 1 is 1.21 bits per heavy atom. The Morgan fingerprint density at radius 2 is 1.88 bits per heavy atom. The summed E-state index contributed by atoms with van der Waals surface area (Å²) in [7, 11) is 0. The minimum Gasteiger partial charge on any atom is -0.361 e. The molecular weight excluding hydrogens is 310 g/mol. The van der Waals surface area contributed by atoms with Crippen molar-refractivity contribution >= 4 is 23.3 Å². The van der Waals surface area contributed by atoms with Gasteiger partial charge in [0.2, 0.25) is 5.91 Å². The first-order valence-electron chi connectivity index (χ1n) is 7.58. The molecule has 3 rings (SSSR count). The van der Waals surface area contributed by atoms with Crippen LogP contribution in [-0.4, -0.2) is 40.7 Å². The summed E-state index contributed by atoms with van der Waals surface area (Å²) in [6, 6.07) is 8.29. The van der Waals surface area contributed by atoms with Crippen molar-refractivity contribution in [2.24, 2.45) is 5.92 Å². The predicted octanol–water partition coefficient (Wildman–Crippen LogP) is 1.90. The molecule has 7 heteroatoms. The summed E-state index contributed by atoms with van der Waals surface area (Å²) in [5, 5.41) is 6.48. The second kappa shape index (κ2) is 6.27. The maximum atomic E-state index is 12.2. The summed E-state index contributed by atoms with van der Waals surface area (Å²) in [4.78, 5) is 37.1. The van der Waals surface area contributed by atoms with Gasteiger partial charge in [-0.3, -0.25) is 14.4 Å². The molecule has 0 spiro atoms. The molecule has 0 bridgehead atoms. The highest BCUT2D eigenvalue weighted by Gasteiger charge is 2.37. The number of Topliss-reactive ketones (excluding diaryl/α,β-unsaturated/α-hetero) is 1. The molecule has 0 aliphatic carbocycles. The van der Waals surface area contributed by atoms with E-state index in [-0.39, 0.29) is 29.2 Å². The third kappa shape index (κ3) is 3.19. The van der Waals surface area contributed by atoms with Crippen LogP contribution in [0.4, 0.5) is 5.69 Å². The molecule has 2 amide bonds. The highest BCUT2D eigenvalue weighted by molar-refractivity contribution is 5.98. The van der Waals surface area contributed by atoms with Gasteiger partial charge in [0.15, 0.2) is 11.5 Å². The van der Waals surface area contributed by atoms with E-state index in [1.54, 1.807) is 42.2 Å². The summed E-state index contributed by atoms with van der Waals surface area (Å²) >= 11 is 0. The lowest BCUT2D eigenvalue weighted by Crippen LogP contribution is -2.54. The quantitative estimate of drug-likeness (QED) is 0.866. The van der Waals surface area contributed by atoms with E-state index in [9.17, 15) is 14.4 Å². The van der Waals surface area contributed by atoms with Crippen molar-refractivity contribution in [3.63, 3.8) is 0 Å². The molecule has 0 unspecified atom stereocenters. The molecular formula is C17H17N3O4. The summed E-state index contributed by atoms with van der Waals surface area (Å²) in [6.07, 6.45) is 0. The van der Waals surface area contributed by atoms with Gasteiger partial charge in [-0.05, 0) is 38.1 Å². The molecule has 1 fully saturated rings. The van der Waals surface area contributed by atoms with Crippen LogP contribution in [0.2, 0.25) is 0 Å². The van der Waals surface area contributed by atoms with Crippen LogP contribution in [0, 0.1) is 12.8 Å². The first-order valence-corrected chi connectivity index (χ1v) is 7.58. The number of benzene rings is 1. The van der Waals surface area contributed by atoms with Crippen molar-refractivity contribution in [1.29, 1.82) is 0 Å². The van der Waals surface area contributed by atoms with Gasteiger partial charge in [-0.2, -0.15) is 0 Å². The van der Waals surface area contributed by atoms with Gasteiger partial charge < -0.3 is 14.7 Å². The van der Waals surface area contributed by atoms with Crippen LogP contribution in [0.3, 0.4) is 0 Å². The molecule has 1 aromatic carbocycles. The zero-order chi connectivity index (χ0) is 17.3. The fourth-order valence-electron chi connectivity index (χ4n) is 2.47. The van der Waals surface area contributed by atoms with Gasteiger partial charge in [-0.15, -0.1) is 0 Å². The minimum atomic E-state index is -0.255. The maximum Gasteiger partial charge on any atom is 0.276 e. The van der Waals surface area contributed by atoms with E-state index in [0.717, 1.165) is 0 Å². The van der Waals surface area contributed by atoms with E-state index in [1.165, 1.54) is 6.92 Å². The fourth-order valence-corrected chi connectivity index (χ4v) is 2.47. The lowest BCUT2D eigenvalue weighted by atomic mass is 9.98. The Hall–Kier alpha value is -2.96. The molecule has 7 nitrogen and oxygen atoms in total. The van der Waals surface area contributed by atoms with Crippen LogP contribution >= 0.6 is 0 Å². The molecule has 1 aliphatic rings. The number of carbonyl (C=O) groups excluding carboxylic acids is 3. The Bertz CT molecular complexity index is 788. The van der Waals surface area contributed by atoms with Crippen molar-refractivity contribution < 1.29 is 18.9 Å². The Labute approximate surface area is 138 Å². The highest BCUT2D eigenvalue weighted by atomic mass is 16.5. The number of hydrogen-bond acceptors (Lipinski definition) is 5. The van der Waals surface area contributed by atoms with Gasteiger partial charge in [0, 0.05) is 30.4 Å². The number of amides is 2. The number of likely N-dealkylation sites (tertiary alicyclic amines) is 1. The third-order valence-corrected chi connectivity index (χ3v) is 3.95. The van der Waals surface area contributed by atoms with Crippen LogP contribution in [0.5, 0.6) is 0 Å². The Kier molecular flexibility index (Phi) is 4.16. The van der Waals surface area contributed by atoms with E-state index in [4.69, 9.17) is 4.52 Å². The molecule has 0 atom stereocenters. The number of hydrogen-bond donors (Lipinski definition) is 1. The topological polar surface area (TPSA) is 92.5 Å². The number of aryl methyl sites for hydroxylation is 1. The third-order valence-electron chi connectivity index (χ3n) is 3.95. The molecule has 0 radical (unpaired) electrons. The normalized spacial score (nSPS) is 14.2. The number of rotatable bonds is 4. The predicted molar refractivity (Wildman–Crippen MR) is 85.7 cm³/mol. The number of carbonyl (C=O) groups is 3. The molecule has 124 valence electrons. The van der Waals surface area contributed by atoms with Crippen molar-refractivity contribution in [3.05, 3.63) is 47.3 Å². The first-order chi connectivity index (χ1) is 11.4. The standard InChI is InChI=1S/C17H17N3O4/c1-10-7-15(19-24-10)17(23)20-8-13(9-20)16(22)18-14-5-3-12(4-6-14)11(2)21/h3-7,13H,8-9H2,1-2H3,(H,18,22). The largest absolute Gasteiger partial charge is 0.361 e. The Morgan fingerprint density at radius 3 is 2.42 bits per heavy atom. The van der Waals surface area contributed by atoms with E-state index in [1.807, 2.05) is 0 Å². The monoisotopic (exact) mass is 327 g/mol. The lowest BCUT2D eigenvalue weighted by Gasteiger charge is -2.37. The summed E-state index contributed by atoms with van der Waals surface area (Å²) in [5.41, 5.74) is 1.48. The van der Waals surface area contributed by atoms with E-state index in [0.29, 0.717) is 30.1 Å². The van der Waals surface area contributed by atoms with Gasteiger partial charge >= 0.3 is 0 Å². The molecule has 0 saturated carbocycles. The van der Waals surface area contributed by atoms with Crippen molar-refractivity contribution in [2.45, 2.75) is 13.8 Å². The van der Waals surface area contributed by atoms with E-state index < -0.39 is 0 Å². The summed E-state index contributed by atoms with van der Waals surface area (Å²) in [5.74, 6) is -0.0895. The highest BCUT2D eigenvalue weighted by Crippen LogP contribution is 2.21. The number of ketones is 1. The SMILES string of the molecule is CC(=O)c1ccc(NC(=O)C2CN(C(=O)c3cc(C)on3)C2)cc1. The van der Waals surface area contributed by atoms with Gasteiger partial charge in [0.25, 0.3) is 5.91 Å². The maximum absolute atomic E-state index is 12.2. The van der Waals surface area contributed by atoms with Crippen molar-refractivity contribution in [1.82, 2.24) is 10.1 Å². The summed E-state index contributed by atoms with van der Waals surface area (Å²) in [6.45, 7) is 3.90. The summed E-state index contributed by atoms with van der Waals surface area (Å²) < 4.78 is 4.88. The van der Waals surface area contributed by atoms with E-state index >= 15 is 0 Å². The second-order valence-electron chi connectivity index (χ2n) is 5.85.